The van der Waals surface area contributed by atoms with Crippen LogP contribution in [0.2, 0.25) is 0 Å². The van der Waals surface area contributed by atoms with Crippen LogP contribution in [0.4, 0.5) is 5.82 Å². The molecule has 0 atom stereocenters. The average Bonchev–Trinajstić information content (AvgIpc) is 3.50. The Morgan fingerprint density at radius 3 is 2.15 bits per heavy atom. The van der Waals surface area contributed by atoms with E-state index in [0.717, 1.165) is 79.7 Å². The van der Waals surface area contributed by atoms with Crippen molar-refractivity contribution in [3.8, 4) is 22.8 Å². The van der Waals surface area contributed by atoms with Crippen molar-refractivity contribution in [2.75, 3.05) is 39.0 Å². The molecule has 244 valence electrons. The van der Waals surface area contributed by atoms with Crippen molar-refractivity contribution in [3.05, 3.63) is 90.8 Å². The summed E-state index contributed by atoms with van der Waals surface area (Å²) in [4.78, 5) is 14.2. The molecule has 3 N–H and O–H groups in total. The van der Waals surface area contributed by atoms with Gasteiger partial charge in [0.2, 0.25) is 10.0 Å². The third-order valence-electron chi connectivity index (χ3n) is 9.39. The monoisotopic (exact) mass is 652 g/mol. The van der Waals surface area contributed by atoms with E-state index in [4.69, 9.17) is 15.6 Å². The molecule has 0 bridgehead atoms. The van der Waals surface area contributed by atoms with Gasteiger partial charge in [0.1, 0.15) is 29.3 Å². The van der Waals surface area contributed by atoms with Gasteiger partial charge in [0.25, 0.3) is 0 Å². The fraction of sp³-hybridized carbons (Fsp3) is 0.343. The van der Waals surface area contributed by atoms with Gasteiger partial charge in [0.05, 0.1) is 16.3 Å². The second-order valence-corrected chi connectivity index (χ2v) is 14.2. The van der Waals surface area contributed by atoms with Crippen LogP contribution in [0.1, 0.15) is 37.3 Å². The second-order valence-electron chi connectivity index (χ2n) is 12.5. The van der Waals surface area contributed by atoms with Gasteiger partial charge in [-0.2, -0.15) is 5.10 Å². The highest BCUT2D eigenvalue weighted by atomic mass is 32.2. The maximum Gasteiger partial charge on any atom is 0.240 e. The number of sulfonamides is 1. The summed E-state index contributed by atoms with van der Waals surface area (Å²) in [6.07, 6.45) is 5.95. The molecule has 1 aliphatic heterocycles. The number of nitrogens with one attached hydrogen (secondary N) is 1. The van der Waals surface area contributed by atoms with Crippen molar-refractivity contribution in [1.82, 2.24) is 34.3 Å². The summed E-state index contributed by atoms with van der Waals surface area (Å²) in [6.45, 7) is 4.75. The molecular formula is C35H40N8O3S. The van der Waals surface area contributed by atoms with Gasteiger partial charge in [-0.3, -0.25) is 4.90 Å². The van der Waals surface area contributed by atoms with E-state index in [1.54, 1.807) is 30.3 Å². The largest absolute Gasteiger partial charge is 0.457 e. The zero-order chi connectivity index (χ0) is 32.4. The van der Waals surface area contributed by atoms with Gasteiger partial charge >= 0.3 is 0 Å². The summed E-state index contributed by atoms with van der Waals surface area (Å²) in [5.41, 5.74) is 9.69. The van der Waals surface area contributed by atoms with Crippen LogP contribution in [-0.2, 0) is 16.6 Å². The number of fused-ring (bicyclic) bond motifs is 1. The first-order chi connectivity index (χ1) is 22.8. The van der Waals surface area contributed by atoms with Crippen molar-refractivity contribution in [2.45, 2.75) is 49.2 Å². The Bertz CT molecular complexity index is 1920. The third-order valence-corrected chi connectivity index (χ3v) is 10.8. The highest BCUT2D eigenvalue weighted by Gasteiger charge is 2.30. The lowest BCUT2D eigenvalue weighted by Crippen LogP contribution is -2.49. The van der Waals surface area contributed by atoms with Crippen LogP contribution < -0.4 is 15.2 Å². The number of aromatic nitrogens is 4. The fourth-order valence-corrected chi connectivity index (χ4v) is 7.70. The number of rotatable bonds is 9. The van der Waals surface area contributed by atoms with Gasteiger partial charge in [-0.25, -0.2) is 27.8 Å². The van der Waals surface area contributed by atoms with E-state index in [1.165, 1.54) is 6.33 Å². The lowest BCUT2D eigenvalue weighted by molar-refractivity contribution is 0.0815. The standard InChI is InChI=1S/C35H40N8O3S/c1-41-19-21-42(22-20-41)27-11-13-28(14-12-27)43-35-32(34(36)37-24-38-35)33(40-43)26-9-17-30(18-10-26)46-29-15-7-25(8-16-29)23-39-47(44,45)31-5-3-2-4-6-31/h2-10,15-18,24,27-28,39H,11-14,19-23H2,1H3,(H2,36,37,38). The minimum Gasteiger partial charge on any atom is -0.457 e. The van der Waals surface area contributed by atoms with Crippen molar-refractivity contribution in [3.63, 3.8) is 0 Å². The first-order valence-corrected chi connectivity index (χ1v) is 17.7. The predicted molar refractivity (Wildman–Crippen MR) is 183 cm³/mol. The number of benzene rings is 3. The van der Waals surface area contributed by atoms with E-state index in [2.05, 4.69) is 36.2 Å². The summed E-state index contributed by atoms with van der Waals surface area (Å²) >= 11 is 0. The van der Waals surface area contributed by atoms with Crippen LogP contribution >= 0.6 is 0 Å². The van der Waals surface area contributed by atoms with Crippen LogP contribution in [0.3, 0.4) is 0 Å². The molecule has 12 heteroatoms. The Labute approximate surface area is 275 Å². The normalized spacial score (nSPS) is 19.6. The molecule has 1 saturated carbocycles. The number of hydrogen-bond donors (Lipinski definition) is 2. The van der Waals surface area contributed by atoms with Crippen LogP contribution in [0, 0.1) is 0 Å². The van der Waals surface area contributed by atoms with Crippen LogP contribution in [0.25, 0.3) is 22.3 Å². The van der Waals surface area contributed by atoms with Gasteiger partial charge in [-0.05, 0) is 86.8 Å². The molecule has 11 nitrogen and oxygen atoms in total. The Morgan fingerprint density at radius 1 is 0.830 bits per heavy atom. The van der Waals surface area contributed by atoms with Crippen LogP contribution in [-0.4, -0.2) is 77.2 Å². The molecule has 2 fully saturated rings. The van der Waals surface area contributed by atoms with Crippen molar-refractivity contribution >= 4 is 26.9 Å². The molecule has 3 aromatic carbocycles. The maximum atomic E-state index is 12.5. The lowest BCUT2D eigenvalue weighted by Gasteiger charge is -2.41. The summed E-state index contributed by atoms with van der Waals surface area (Å²) in [5, 5.41) is 5.87. The first kappa shape index (κ1) is 31.3. The smallest absolute Gasteiger partial charge is 0.240 e. The predicted octanol–water partition coefficient (Wildman–Crippen LogP) is 5.08. The number of likely N-dealkylation sites (N-methyl/N-ethyl adjacent to an activating group) is 1. The topological polar surface area (TPSA) is 132 Å². The maximum absolute atomic E-state index is 12.5. The molecule has 0 amide bonds. The quantitative estimate of drug-likeness (QED) is 0.224. The fourth-order valence-electron chi connectivity index (χ4n) is 6.66. The minimum absolute atomic E-state index is 0.178. The lowest BCUT2D eigenvalue weighted by atomic mass is 9.90. The van der Waals surface area contributed by atoms with Crippen molar-refractivity contribution < 1.29 is 13.2 Å². The minimum atomic E-state index is -3.58. The Morgan fingerprint density at radius 2 is 1.47 bits per heavy atom. The molecule has 0 unspecified atom stereocenters. The van der Waals surface area contributed by atoms with E-state index >= 15 is 0 Å². The number of piperazine rings is 1. The third kappa shape index (κ3) is 6.86. The Kier molecular flexibility index (Phi) is 8.91. The summed E-state index contributed by atoms with van der Waals surface area (Å²) < 4.78 is 35.9. The van der Waals surface area contributed by atoms with E-state index in [-0.39, 0.29) is 17.5 Å². The SMILES string of the molecule is CN1CCN(C2CCC(n3nc(-c4ccc(Oc5ccc(CNS(=O)(=O)c6ccccc6)cc5)cc4)c4c(N)ncnc43)CC2)CC1. The molecule has 1 saturated heterocycles. The summed E-state index contributed by atoms with van der Waals surface area (Å²) in [7, 11) is -1.38. The number of nitrogens with two attached hydrogens (primary N) is 1. The zero-order valence-corrected chi connectivity index (χ0v) is 27.3. The highest BCUT2D eigenvalue weighted by molar-refractivity contribution is 7.89. The molecule has 7 rings (SSSR count). The van der Waals surface area contributed by atoms with E-state index in [0.29, 0.717) is 23.4 Å². The molecule has 2 aromatic heterocycles. The second kappa shape index (κ2) is 13.4. The molecule has 47 heavy (non-hydrogen) atoms. The van der Waals surface area contributed by atoms with Gasteiger partial charge in [-0.15, -0.1) is 0 Å². The van der Waals surface area contributed by atoms with E-state index < -0.39 is 10.0 Å². The summed E-state index contributed by atoms with van der Waals surface area (Å²) in [5.74, 6) is 1.74. The number of hydrogen-bond acceptors (Lipinski definition) is 9. The number of nitrogen functional groups attached to an aromatic ring is 1. The molecule has 1 aliphatic carbocycles. The average molecular weight is 653 g/mol. The first-order valence-electron chi connectivity index (χ1n) is 16.2. The van der Waals surface area contributed by atoms with Crippen LogP contribution in [0.15, 0.2) is 90.1 Å². The molecule has 0 spiro atoms. The summed E-state index contributed by atoms with van der Waals surface area (Å²) in [6, 6.07) is 24.3. The number of anilines is 1. The van der Waals surface area contributed by atoms with Crippen molar-refractivity contribution in [1.29, 1.82) is 0 Å². The molecule has 5 aromatic rings. The van der Waals surface area contributed by atoms with E-state index in [9.17, 15) is 8.42 Å². The molecule has 0 radical (unpaired) electrons. The molecule has 2 aliphatic rings. The van der Waals surface area contributed by atoms with Crippen LogP contribution in [0.5, 0.6) is 11.5 Å². The van der Waals surface area contributed by atoms with Gasteiger partial charge in [-0.1, -0.05) is 30.3 Å². The van der Waals surface area contributed by atoms with Crippen molar-refractivity contribution in [2.24, 2.45) is 0 Å². The highest BCUT2D eigenvalue weighted by Crippen LogP contribution is 2.37. The zero-order valence-electron chi connectivity index (χ0n) is 26.5. The molecular weight excluding hydrogens is 613 g/mol. The Hall–Kier alpha value is -4.36. The number of nitrogens with zero attached hydrogens (tertiary/aromatic N) is 6. The Balaban J connectivity index is 1.02. The van der Waals surface area contributed by atoms with Gasteiger partial charge in [0.15, 0.2) is 5.65 Å². The van der Waals surface area contributed by atoms with Gasteiger partial charge in [0, 0.05) is 44.3 Å². The number of ether oxygens (including phenoxy) is 1. The van der Waals surface area contributed by atoms with E-state index in [1.807, 2.05) is 48.5 Å². The molecule has 3 heterocycles. The van der Waals surface area contributed by atoms with Gasteiger partial charge < -0.3 is 15.4 Å².